The van der Waals surface area contributed by atoms with Gasteiger partial charge in [-0.1, -0.05) is 6.07 Å². The summed E-state index contributed by atoms with van der Waals surface area (Å²) in [6, 6.07) is 4.13. The molecule has 2 aromatic rings. The number of hydrogen-bond acceptors (Lipinski definition) is 2. The van der Waals surface area contributed by atoms with Gasteiger partial charge < -0.3 is 5.11 Å². The van der Waals surface area contributed by atoms with Gasteiger partial charge in [-0.2, -0.15) is 5.10 Å². The molecule has 0 saturated heterocycles. The zero-order valence-electron chi connectivity index (χ0n) is 11.0. The minimum atomic E-state index is -0.944. The smallest absolute Gasteiger partial charge is 0.339 e. The quantitative estimate of drug-likeness (QED) is 0.883. The van der Waals surface area contributed by atoms with E-state index >= 15 is 0 Å². The van der Waals surface area contributed by atoms with Crippen LogP contribution in [0.15, 0.2) is 18.3 Å². The molecule has 1 aromatic carbocycles. The van der Waals surface area contributed by atoms with E-state index in [0.29, 0.717) is 5.69 Å². The summed E-state index contributed by atoms with van der Waals surface area (Å²) in [6.45, 7) is 7.87. The number of benzene rings is 1. The third-order valence-corrected chi connectivity index (χ3v) is 3.28. The lowest BCUT2D eigenvalue weighted by Crippen LogP contribution is -2.05. The van der Waals surface area contributed by atoms with Gasteiger partial charge in [-0.25, -0.2) is 9.48 Å². The number of nitrogens with zero attached hydrogens (tertiary/aromatic N) is 2. The molecule has 0 aliphatic rings. The molecule has 0 fully saturated rings. The van der Waals surface area contributed by atoms with E-state index in [9.17, 15) is 4.79 Å². The predicted octanol–water partition coefficient (Wildman–Crippen LogP) is 2.80. The number of carboxylic acids is 1. The molecule has 0 aliphatic carbocycles. The zero-order valence-corrected chi connectivity index (χ0v) is 11.0. The average Bonchev–Trinajstić information content (AvgIpc) is 2.66. The van der Waals surface area contributed by atoms with Crippen molar-refractivity contribution in [3.63, 3.8) is 0 Å². The molecule has 0 aliphatic heterocycles. The van der Waals surface area contributed by atoms with Crippen LogP contribution in [0.2, 0.25) is 0 Å². The van der Waals surface area contributed by atoms with Crippen molar-refractivity contribution in [3.05, 3.63) is 46.3 Å². The highest BCUT2D eigenvalue weighted by Gasteiger charge is 2.15. The van der Waals surface area contributed by atoms with Crippen LogP contribution in [0.1, 0.15) is 32.7 Å². The minimum Gasteiger partial charge on any atom is -0.478 e. The van der Waals surface area contributed by atoms with Crippen LogP contribution in [-0.2, 0) is 0 Å². The fraction of sp³-hybridized carbons (Fsp3) is 0.286. The SMILES string of the molecule is Cc1cc(C)c(-n2ncc(C(=O)O)c2C)cc1C. The number of carbonyl (C=O) groups is 1. The molecule has 18 heavy (non-hydrogen) atoms. The van der Waals surface area contributed by atoms with E-state index in [4.69, 9.17) is 5.11 Å². The summed E-state index contributed by atoms with van der Waals surface area (Å²) in [5.41, 5.74) is 5.30. The molecule has 0 bridgehead atoms. The van der Waals surface area contributed by atoms with Crippen LogP contribution in [0.5, 0.6) is 0 Å². The molecule has 4 nitrogen and oxygen atoms in total. The van der Waals surface area contributed by atoms with E-state index in [1.165, 1.54) is 17.3 Å². The van der Waals surface area contributed by atoms with Crippen LogP contribution < -0.4 is 0 Å². The van der Waals surface area contributed by atoms with Crippen LogP contribution in [0.4, 0.5) is 0 Å². The van der Waals surface area contributed by atoms with Crippen molar-refractivity contribution in [2.24, 2.45) is 0 Å². The molecular weight excluding hydrogens is 228 g/mol. The van der Waals surface area contributed by atoms with Crippen molar-refractivity contribution >= 4 is 5.97 Å². The molecule has 0 amide bonds. The summed E-state index contributed by atoms with van der Waals surface area (Å²) < 4.78 is 1.69. The first-order valence-electron chi connectivity index (χ1n) is 5.78. The second kappa shape index (κ2) is 4.29. The standard InChI is InChI=1S/C14H16N2O2/c1-8-5-10(3)13(6-9(8)2)16-11(4)12(7-15-16)14(17)18/h5-7H,1-4H3,(H,17,18). The number of aromatic carboxylic acids is 1. The molecular formula is C14H16N2O2. The van der Waals surface area contributed by atoms with Crippen molar-refractivity contribution in [2.45, 2.75) is 27.7 Å². The predicted molar refractivity (Wildman–Crippen MR) is 69.5 cm³/mol. The largest absolute Gasteiger partial charge is 0.478 e. The van der Waals surface area contributed by atoms with Crippen LogP contribution in [0.25, 0.3) is 5.69 Å². The lowest BCUT2D eigenvalue weighted by atomic mass is 10.0. The minimum absolute atomic E-state index is 0.243. The van der Waals surface area contributed by atoms with Crippen molar-refractivity contribution in [2.75, 3.05) is 0 Å². The summed E-state index contributed by atoms with van der Waals surface area (Å²) in [7, 11) is 0. The Balaban J connectivity index is 2.63. The van der Waals surface area contributed by atoms with Crippen LogP contribution in [-0.4, -0.2) is 20.9 Å². The second-order valence-electron chi connectivity index (χ2n) is 4.58. The molecule has 1 heterocycles. The Bertz CT molecular complexity index is 627. The van der Waals surface area contributed by atoms with Crippen molar-refractivity contribution in [1.82, 2.24) is 9.78 Å². The highest BCUT2D eigenvalue weighted by Crippen LogP contribution is 2.21. The summed E-state index contributed by atoms with van der Waals surface area (Å²) in [5.74, 6) is -0.944. The third-order valence-electron chi connectivity index (χ3n) is 3.28. The van der Waals surface area contributed by atoms with Crippen LogP contribution in [0.3, 0.4) is 0 Å². The maximum absolute atomic E-state index is 11.0. The molecule has 0 atom stereocenters. The third kappa shape index (κ3) is 1.90. The Kier molecular flexibility index (Phi) is 2.95. The molecule has 4 heteroatoms. The molecule has 0 saturated carbocycles. The Labute approximate surface area is 106 Å². The van der Waals surface area contributed by atoms with Crippen molar-refractivity contribution < 1.29 is 9.90 Å². The molecule has 0 spiro atoms. The fourth-order valence-corrected chi connectivity index (χ4v) is 2.04. The van der Waals surface area contributed by atoms with E-state index in [1.54, 1.807) is 11.6 Å². The zero-order chi connectivity index (χ0) is 13.4. The van der Waals surface area contributed by atoms with Gasteiger partial charge in [-0.15, -0.1) is 0 Å². The summed E-state index contributed by atoms with van der Waals surface area (Å²) in [4.78, 5) is 11.0. The van der Waals surface area contributed by atoms with Gasteiger partial charge in [-0.05, 0) is 50.5 Å². The Hall–Kier alpha value is -2.10. The summed E-state index contributed by atoms with van der Waals surface area (Å²) in [6.07, 6.45) is 1.40. The molecule has 0 radical (unpaired) electrons. The van der Waals surface area contributed by atoms with Gasteiger partial charge in [0, 0.05) is 0 Å². The van der Waals surface area contributed by atoms with Gasteiger partial charge in [-0.3, -0.25) is 0 Å². The maximum Gasteiger partial charge on any atom is 0.339 e. The van der Waals surface area contributed by atoms with Gasteiger partial charge in [0.2, 0.25) is 0 Å². The van der Waals surface area contributed by atoms with Crippen molar-refractivity contribution in [1.29, 1.82) is 0 Å². The monoisotopic (exact) mass is 244 g/mol. The number of hydrogen-bond donors (Lipinski definition) is 1. The first-order valence-corrected chi connectivity index (χ1v) is 5.78. The molecule has 1 N–H and O–H groups in total. The first-order chi connectivity index (χ1) is 8.41. The highest BCUT2D eigenvalue weighted by atomic mass is 16.4. The normalized spacial score (nSPS) is 10.7. The van der Waals surface area contributed by atoms with Gasteiger partial charge in [0.1, 0.15) is 5.56 Å². The lowest BCUT2D eigenvalue weighted by molar-refractivity contribution is 0.0696. The molecule has 1 aromatic heterocycles. The van der Waals surface area contributed by atoms with E-state index < -0.39 is 5.97 Å². The van der Waals surface area contributed by atoms with E-state index in [-0.39, 0.29) is 5.56 Å². The number of aryl methyl sites for hydroxylation is 3. The van der Waals surface area contributed by atoms with Crippen LogP contribution >= 0.6 is 0 Å². The molecule has 2 rings (SSSR count). The molecule has 94 valence electrons. The van der Waals surface area contributed by atoms with E-state index in [0.717, 1.165) is 11.3 Å². The Morgan fingerprint density at radius 2 is 1.72 bits per heavy atom. The second-order valence-corrected chi connectivity index (χ2v) is 4.58. The lowest BCUT2D eigenvalue weighted by Gasteiger charge is -2.11. The number of rotatable bonds is 2. The maximum atomic E-state index is 11.0. The van der Waals surface area contributed by atoms with Gasteiger partial charge in [0.25, 0.3) is 0 Å². The summed E-state index contributed by atoms with van der Waals surface area (Å²) in [5, 5.41) is 13.2. The van der Waals surface area contributed by atoms with Crippen LogP contribution in [0, 0.1) is 27.7 Å². The van der Waals surface area contributed by atoms with Gasteiger partial charge in [0.15, 0.2) is 0 Å². The Morgan fingerprint density at radius 3 is 2.28 bits per heavy atom. The van der Waals surface area contributed by atoms with Gasteiger partial charge >= 0.3 is 5.97 Å². The van der Waals surface area contributed by atoms with Gasteiger partial charge in [0.05, 0.1) is 17.6 Å². The molecule has 0 unspecified atom stereocenters. The van der Waals surface area contributed by atoms with E-state index in [1.807, 2.05) is 19.9 Å². The fourth-order valence-electron chi connectivity index (χ4n) is 2.04. The van der Waals surface area contributed by atoms with E-state index in [2.05, 4.69) is 18.1 Å². The summed E-state index contributed by atoms with van der Waals surface area (Å²) >= 11 is 0. The number of aromatic nitrogens is 2. The highest BCUT2D eigenvalue weighted by molar-refractivity contribution is 5.88. The average molecular weight is 244 g/mol. The number of carboxylic acid groups (broad SMARTS) is 1. The topological polar surface area (TPSA) is 55.1 Å². The van der Waals surface area contributed by atoms with Crippen molar-refractivity contribution in [3.8, 4) is 5.69 Å². The first kappa shape index (κ1) is 12.4. The Morgan fingerprint density at radius 1 is 1.11 bits per heavy atom.